The Morgan fingerprint density at radius 3 is 2.74 bits per heavy atom. The van der Waals surface area contributed by atoms with E-state index in [-0.39, 0.29) is 5.78 Å². The molecule has 1 amide bonds. The fourth-order valence-corrected chi connectivity index (χ4v) is 3.05. The van der Waals surface area contributed by atoms with Crippen molar-refractivity contribution in [3.8, 4) is 0 Å². The zero-order valence-electron chi connectivity index (χ0n) is 11.5. The average Bonchev–Trinajstić information content (AvgIpc) is 2.61. The van der Waals surface area contributed by atoms with Gasteiger partial charge in [-0.2, -0.15) is 0 Å². The number of ether oxygens (including phenoxy) is 1. The molecule has 0 fully saturated rings. The third-order valence-electron chi connectivity index (χ3n) is 1.79. The third kappa shape index (κ3) is 7.17. The number of amides is 1. The van der Waals surface area contributed by atoms with Crippen LogP contribution in [0.1, 0.15) is 34.1 Å². The second kappa shape index (κ2) is 6.91. The number of hydrogen-bond donors (Lipinski definition) is 1. The summed E-state index contributed by atoms with van der Waals surface area (Å²) >= 11 is 2.92. The van der Waals surface area contributed by atoms with Crippen molar-refractivity contribution in [2.75, 3.05) is 11.1 Å². The van der Waals surface area contributed by atoms with Crippen LogP contribution in [-0.2, 0) is 9.53 Å². The Hall–Kier alpha value is -1.08. The molecule has 0 saturated carbocycles. The van der Waals surface area contributed by atoms with Crippen LogP contribution in [-0.4, -0.2) is 28.2 Å². The highest BCUT2D eigenvalue weighted by Gasteiger charge is 2.17. The van der Waals surface area contributed by atoms with Gasteiger partial charge in [-0.3, -0.25) is 10.1 Å². The summed E-state index contributed by atoms with van der Waals surface area (Å²) < 4.78 is 6.09. The van der Waals surface area contributed by atoms with E-state index in [4.69, 9.17) is 4.74 Å². The Labute approximate surface area is 121 Å². The van der Waals surface area contributed by atoms with Gasteiger partial charge in [-0.1, -0.05) is 11.3 Å². The van der Waals surface area contributed by atoms with Gasteiger partial charge in [0.2, 0.25) is 0 Å². The van der Waals surface area contributed by atoms with Gasteiger partial charge in [0, 0.05) is 12.2 Å². The molecule has 0 spiro atoms. The Morgan fingerprint density at radius 1 is 1.47 bits per heavy atom. The number of carbonyl (C=O) groups excluding carboxylic acids is 2. The molecule has 0 aliphatic rings. The van der Waals surface area contributed by atoms with Crippen LogP contribution in [0.25, 0.3) is 0 Å². The van der Waals surface area contributed by atoms with E-state index in [1.807, 2.05) is 0 Å². The zero-order valence-corrected chi connectivity index (χ0v) is 13.1. The summed E-state index contributed by atoms with van der Waals surface area (Å²) in [5.74, 6) is 0.896. The SMILES string of the molecule is CC(=O)CCSc1cnc(NC(=O)OC(C)(C)C)s1. The molecule has 5 nitrogen and oxygen atoms in total. The number of aromatic nitrogens is 1. The fourth-order valence-electron chi connectivity index (χ4n) is 1.07. The van der Waals surface area contributed by atoms with E-state index in [0.29, 0.717) is 11.6 Å². The lowest BCUT2D eigenvalue weighted by Gasteiger charge is -2.18. The van der Waals surface area contributed by atoms with E-state index in [2.05, 4.69) is 10.3 Å². The Balaban J connectivity index is 2.42. The molecule has 106 valence electrons. The lowest BCUT2D eigenvalue weighted by atomic mass is 10.2. The van der Waals surface area contributed by atoms with Crippen molar-refractivity contribution in [1.29, 1.82) is 0 Å². The Kier molecular flexibility index (Phi) is 5.81. The number of hydrogen-bond acceptors (Lipinski definition) is 6. The molecule has 7 heteroatoms. The number of rotatable bonds is 5. The predicted molar refractivity (Wildman–Crippen MR) is 78.0 cm³/mol. The summed E-state index contributed by atoms with van der Waals surface area (Å²) in [6.07, 6.45) is 1.71. The number of carbonyl (C=O) groups is 2. The topological polar surface area (TPSA) is 68.3 Å². The minimum absolute atomic E-state index is 0.170. The summed E-state index contributed by atoms with van der Waals surface area (Å²) in [6, 6.07) is 0. The lowest BCUT2D eigenvalue weighted by Crippen LogP contribution is -2.27. The van der Waals surface area contributed by atoms with E-state index in [1.165, 1.54) is 11.3 Å². The van der Waals surface area contributed by atoms with Gasteiger partial charge < -0.3 is 4.74 Å². The summed E-state index contributed by atoms with van der Waals surface area (Å²) in [7, 11) is 0. The fraction of sp³-hybridized carbons (Fsp3) is 0.583. The maximum atomic E-state index is 11.5. The number of anilines is 1. The summed E-state index contributed by atoms with van der Waals surface area (Å²) in [4.78, 5) is 26.4. The molecule has 1 aromatic rings. The first-order chi connectivity index (χ1) is 8.76. The van der Waals surface area contributed by atoms with Gasteiger partial charge in [0.25, 0.3) is 0 Å². The minimum Gasteiger partial charge on any atom is -0.444 e. The molecular weight excluding hydrogens is 284 g/mol. The summed E-state index contributed by atoms with van der Waals surface area (Å²) in [6.45, 7) is 6.98. The number of Topliss-reactive ketones (excluding diaryl/α,β-unsaturated/α-hetero) is 1. The second-order valence-electron chi connectivity index (χ2n) is 4.91. The maximum Gasteiger partial charge on any atom is 0.413 e. The van der Waals surface area contributed by atoms with Gasteiger partial charge in [-0.25, -0.2) is 9.78 Å². The number of ketones is 1. The van der Waals surface area contributed by atoms with Crippen molar-refractivity contribution in [1.82, 2.24) is 4.98 Å². The van der Waals surface area contributed by atoms with E-state index < -0.39 is 11.7 Å². The van der Waals surface area contributed by atoms with Crippen molar-refractivity contribution < 1.29 is 14.3 Å². The standard InChI is InChI=1S/C12H18N2O3S2/c1-8(15)5-6-18-9-7-13-10(19-9)14-11(16)17-12(2,3)4/h7H,5-6H2,1-4H3,(H,13,14,16). The van der Waals surface area contributed by atoms with Gasteiger partial charge in [-0.15, -0.1) is 11.8 Å². The van der Waals surface area contributed by atoms with Crippen LogP contribution in [0.5, 0.6) is 0 Å². The molecular formula is C12H18N2O3S2. The molecule has 0 radical (unpaired) electrons. The van der Waals surface area contributed by atoms with Crippen LogP contribution in [0, 0.1) is 0 Å². The lowest BCUT2D eigenvalue weighted by molar-refractivity contribution is -0.116. The molecule has 0 saturated heterocycles. The van der Waals surface area contributed by atoms with Crippen LogP contribution in [0.2, 0.25) is 0 Å². The highest BCUT2D eigenvalue weighted by atomic mass is 32.2. The highest BCUT2D eigenvalue weighted by molar-refractivity contribution is 8.01. The molecule has 0 aromatic carbocycles. The zero-order chi connectivity index (χ0) is 14.5. The second-order valence-corrected chi connectivity index (χ2v) is 7.34. The normalized spacial score (nSPS) is 11.2. The van der Waals surface area contributed by atoms with Crippen LogP contribution in [0.4, 0.5) is 9.93 Å². The summed E-state index contributed by atoms with van der Waals surface area (Å²) in [5, 5.41) is 3.08. The van der Waals surface area contributed by atoms with Gasteiger partial charge in [0.05, 0.1) is 10.4 Å². The van der Waals surface area contributed by atoms with Crippen molar-refractivity contribution in [2.45, 2.75) is 43.9 Å². The predicted octanol–water partition coefficient (Wildman–Crippen LogP) is 3.56. The molecule has 1 heterocycles. The van der Waals surface area contributed by atoms with E-state index in [0.717, 1.165) is 9.96 Å². The maximum absolute atomic E-state index is 11.5. The molecule has 0 aliphatic carbocycles. The van der Waals surface area contributed by atoms with Gasteiger partial charge in [0.1, 0.15) is 11.4 Å². The van der Waals surface area contributed by atoms with Crippen LogP contribution < -0.4 is 5.32 Å². The van der Waals surface area contributed by atoms with Crippen molar-refractivity contribution in [2.24, 2.45) is 0 Å². The first-order valence-electron chi connectivity index (χ1n) is 5.84. The van der Waals surface area contributed by atoms with Crippen molar-refractivity contribution in [3.63, 3.8) is 0 Å². The van der Waals surface area contributed by atoms with E-state index >= 15 is 0 Å². The van der Waals surface area contributed by atoms with Gasteiger partial charge >= 0.3 is 6.09 Å². The molecule has 0 aliphatic heterocycles. The molecule has 1 rings (SSSR count). The number of nitrogens with one attached hydrogen (secondary N) is 1. The van der Waals surface area contributed by atoms with Crippen LogP contribution in [0.15, 0.2) is 10.4 Å². The molecule has 1 aromatic heterocycles. The smallest absolute Gasteiger partial charge is 0.413 e. The van der Waals surface area contributed by atoms with E-state index in [1.54, 1.807) is 45.7 Å². The Morgan fingerprint density at radius 2 is 2.16 bits per heavy atom. The van der Waals surface area contributed by atoms with Crippen LogP contribution in [0.3, 0.4) is 0 Å². The van der Waals surface area contributed by atoms with Crippen molar-refractivity contribution in [3.05, 3.63) is 6.20 Å². The van der Waals surface area contributed by atoms with E-state index in [9.17, 15) is 9.59 Å². The van der Waals surface area contributed by atoms with Crippen LogP contribution >= 0.6 is 23.1 Å². The average molecular weight is 302 g/mol. The third-order valence-corrected chi connectivity index (χ3v) is 3.90. The molecule has 1 N–H and O–H groups in total. The summed E-state index contributed by atoms with van der Waals surface area (Å²) in [5.41, 5.74) is -0.527. The number of thiazole rings is 1. The monoisotopic (exact) mass is 302 g/mol. The molecule has 19 heavy (non-hydrogen) atoms. The number of thioether (sulfide) groups is 1. The highest BCUT2D eigenvalue weighted by Crippen LogP contribution is 2.28. The number of nitrogens with zero attached hydrogens (tertiary/aromatic N) is 1. The first kappa shape index (κ1) is 16.0. The molecule has 0 unspecified atom stereocenters. The largest absolute Gasteiger partial charge is 0.444 e. The first-order valence-corrected chi connectivity index (χ1v) is 7.64. The molecule has 0 bridgehead atoms. The van der Waals surface area contributed by atoms with Gasteiger partial charge in [-0.05, 0) is 27.7 Å². The van der Waals surface area contributed by atoms with Gasteiger partial charge in [0.15, 0.2) is 5.13 Å². The minimum atomic E-state index is -0.527. The quantitative estimate of drug-likeness (QED) is 0.842. The molecule has 0 atom stereocenters. The Bertz CT molecular complexity index is 452. The van der Waals surface area contributed by atoms with Crippen molar-refractivity contribution >= 4 is 40.1 Å².